The molecule has 0 aliphatic heterocycles. The summed E-state index contributed by atoms with van der Waals surface area (Å²) in [6.07, 6.45) is 0. The Hall–Kier alpha value is -1.10. The number of nitriles is 2. The lowest BCUT2D eigenvalue weighted by Gasteiger charge is -2.33. The zero-order valence-corrected chi connectivity index (χ0v) is 10.8. The summed E-state index contributed by atoms with van der Waals surface area (Å²) in [4.78, 5) is 4.07. The highest BCUT2D eigenvalue weighted by Crippen LogP contribution is 2.10. The third kappa shape index (κ3) is 3.48. The van der Waals surface area contributed by atoms with Crippen molar-refractivity contribution in [3.63, 3.8) is 0 Å². The van der Waals surface area contributed by atoms with Crippen LogP contribution in [-0.4, -0.2) is 48.1 Å². The quantitative estimate of drug-likeness (QED) is 0.654. The second-order valence-corrected chi connectivity index (χ2v) is 3.59. The molecular formula is C12H22N4. The second-order valence-electron chi connectivity index (χ2n) is 3.59. The van der Waals surface area contributed by atoms with Crippen molar-refractivity contribution in [2.45, 2.75) is 39.8 Å². The van der Waals surface area contributed by atoms with Crippen LogP contribution >= 0.6 is 0 Å². The number of rotatable bonds is 7. The lowest BCUT2D eigenvalue weighted by Crippen LogP contribution is -2.50. The molecule has 0 aliphatic carbocycles. The molecule has 0 bridgehead atoms. The summed E-state index contributed by atoms with van der Waals surface area (Å²) in [6.45, 7) is 11.3. The highest BCUT2D eigenvalue weighted by molar-refractivity contribution is 5.09. The van der Waals surface area contributed by atoms with Gasteiger partial charge in [0, 0.05) is 0 Å². The zero-order valence-electron chi connectivity index (χ0n) is 10.8. The Morgan fingerprint density at radius 1 is 0.750 bits per heavy atom. The van der Waals surface area contributed by atoms with Crippen molar-refractivity contribution in [2.24, 2.45) is 0 Å². The fourth-order valence-electron chi connectivity index (χ4n) is 1.94. The topological polar surface area (TPSA) is 54.1 Å². The van der Waals surface area contributed by atoms with Gasteiger partial charge in [-0.15, -0.1) is 0 Å². The van der Waals surface area contributed by atoms with Crippen molar-refractivity contribution in [3.8, 4) is 12.1 Å². The van der Waals surface area contributed by atoms with E-state index in [-0.39, 0.29) is 12.1 Å². The van der Waals surface area contributed by atoms with Crippen molar-refractivity contribution in [3.05, 3.63) is 0 Å². The van der Waals surface area contributed by atoms with Gasteiger partial charge in [0.1, 0.15) is 12.1 Å². The Balaban J connectivity index is 4.90. The van der Waals surface area contributed by atoms with Gasteiger partial charge < -0.3 is 0 Å². The number of hydrogen-bond donors (Lipinski definition) is 0. The maximum atomic E-state index is 9.23. The van der Waals surface area contributed by atoms with Crippen LogP contribution in [0, 0.1) is 22.7 Å². The van der Waals surface area contributed by atoms with E-state index in [2.05, 4.69) is 12.1 Å². The first-order chi connectivity index (χ1) is 7.69. The third-order valence-corrected chi connectivity index (χ3v) is 2.98. The van der Waals surface area contributed by atoms with Gasteiger partial charge >= 0.3 is 0 Å². The molecule has 0 aliphatic rings. The van der Waals surface area contributed by atoms with Crippen LogP contribution in [0.1, 0.15) is 27.7 Å². The molecule has 2 atom stereocenters. The first-order valence-corrected chi connectivity index (χ1v) is 5.97. The molecule has 2 unspecified atom stereocenters. The van der Waals surface area contributed by atoms with Gasteiger partial charge in [-0.25, -0.2) is 0 Å². The number of nitrogens with zero attached hydrogens (tertiary/aromatic N) is 4. The molecule has 0 aromatic rings. The first kappa shape index (κ1) is 14.9. The lowest BCUT2D eigenvalue weighted by atomic mass is 10.1. The second kappa shape index (κ2) is 8.10. The van der Waals surface area contributed by atoms with Gasteiger partial charge in [-0.1, -0.05) is 27.7 Å². The minimum atomic E-state index is -0.333. The predicted molar refractivity (Wildman–Crippen MR) is 64.6 cm³/mol. The SMILES string of the molecule is CCN(CC)C(C#N)C(C#N)N(CC)CC. The van der Waals surface area contributed by atoms with Crippen LogP contribution in [0.15, 0.2) is 0 Å². The van der Waals surface area contributed by atoms with Crippen molar-refractivity contribution < 1.29 is 0 Å². The standard InChI is InChI=1S/C12H22N4/c1-5-15(6-2)11(9-13)12(10-14)16(7-3)8-4/h11-12H,5-8H2,1-4H3. The Bertz CT molecular complexity index is 227. The fourth-order valence-corrected chi connectivity index (χ4v) is 1.94. The van der Waals surface area contributed by atoms with E-state index >= 15 is 0 Å². The van der Waals surface area contributed by atoms with Crippen LogP contribution in [0.3, 0.4) is 0 Å². The Kier molecular flexibility index (Phi) is 7.54. The molecule has 0 heterocycles. The van der Waals surface area contributed by atoms with E-state index < -0.39 is 0 Å². The molecule has 0 spiro atoms. The molecule has 0 saturated heterocycles. The molecule has 0 rings (SSSR count). The Morgan fingerprint density at radius 2 is 1.00 bits per heavy atom. The van der Waals surface area contributed by atoms with Crippen LogP contribution in [0.5, 0.6) is 0 Å². The van der Waals surface area contributed by atoms with Gasteiger partial charge in [0.15, 0.2) is 0 Å². The van der Waals surface area contributed by atoms with Crippen LogP contribution in [-0.2, 0) is 0 Å². The number of hydrogen-bond acceptors (Lipinski definition) is 4. The van der Waals surface area contributed by atoms with E-state index in [0.717, 1.165) is 26.2 Å². The molecule has 0 N–H and O–H groups in total. The van der Waals surface area contributed by atoms with E-state index in [9.17, 15) is 10.5 Å². The van der Waals surface area contributed by atoms with Crippen LogP contribution < -0.4 is 0 Å². The molecule has 16 heavy (non-hydrogen) atoms. The summed E-state index contributed by atoms with van der Waals surface area (Å²) < 4.78 is 0. The van der Waals surface area contributed by atoms with E-state index in [1.807, 2.05) is 37.5 Å². The van der Waals surface area contributed by atoms with E-state index in [4.69, 9.17) is 0 Å². The van der Waals surface area contributed by atoms with Gasteiger partial charge in [0.25, 0.3) is 0 Å². The average Bonchev–Trinajstić information content (AvgIpc) is 2.33. The molecule has 4 nitrogen and oxygen atoms in total. The smallest absolute Gasteiger partial charge is 0.127 e. The summed E-state index contributed by atoms with van der Waals surface area (Å²) in [5, 5.41) is 18.5. The van der Waals surface area contributed by atoms with Gasteiger partial charge in [-0.2, -0.15) is 10.5 Å². The van der Waals surface area contributed by atoms with Gasteiger partial charge in [-0.05, 0) is 26.2 Å². The predicted octanol–water partition coefficient (Wildman–Crippen LogP) is 1.45. The summed E-state index contributed by atoms with van der Waals surface area (Å²) in [6, 6.07) is 3.86. The normalized spacial score (nSPS) is 14.5. The van der Waals surface area contributed by atoms with Crippen molar-refractivity contribution in [1.82, 2.24) is 9.80 Å². The van der Waals surface area contributed by atoms with E-state index in [0.29, 0.717) is 0 Å². The van der Waals surface area contributed by atoms with Crippen LogP contribution in [0.25, 0.3) is 0 Å². The minimum Gasteiger partial charge on any atom is -0.286 e. The van der Waals surface area contributed by atoms with Crippen molar-refractivity contribution in [1.29, 1.82) is 10.5 Å². The zero-order chi connectivity index (χ0) is 12.6. The van der Waals surface area contributed by atoms with Crippen LogP contribution in [0.4, 0.5) is 0 Å². The molecule has 0 radical (unpaired) electrons. The molecule has 4 heteroatoms. The highest BCUT2D eigenvalue weighted by atomic mass is 15.2. The van der Waals surface area contributed by atoms with E-state index in [1.165, 1.54) is 0 Å². The highest BCUT2D eigenvalue weighted by Gasteiger charge is 2.29. The summed E-state index contributed by atoms with van der Waals surface area (Å²) in [5.74, 6) is 0. The molecule has 90 valence electrons. The van der Waals surface area contributed by atoms with Crippen LogP contribution in [0.2, 0.25) is 0 Å². The van der Waals surface area contributed by atoms with Gasteiger partial charge in [0.05, 0.1) is 12.1 Å². The molecular weight excluding hydrogens is 200 g/mol. The Labute approximate surface area is 99.1 Å². The Morgan fingerprint density at radius 3 is 1.12 bits per heavy atom. The van der Waals surface area contributed by atoms with Gasteiger partial charge in [-0.3, -0.25) is 9.80 Å². The molecule has 0 aromatic carbocycles. The molecule has 0 saturated carbocycles. The largest absolute Gasteiger partial charge is 0.286 e. The number of likely N-dealkylation sites (N-methyl/N-ethyl adjacent to an activating group) is 2. The summed E-state index contributed by atoms with van der Waals surface area (Å²) >= 11 is 0. The monoisotopic (exact) mass is 222 g/mol. The fraction of sp³-hybridized carbons (Fsp3) is 0.833. The van der Waals surface area contributed by atoms with Gasteiger partial charge in [0.2, 0.25) is 0 Å². The molecule has 0 aromatic heterocycles. The van der Waals surface area contributed by atoms with Crippen molar-refractivity contribution in [2.75, 3.05) is 26.2 Å². The summed E-state index contributed by atoms with van der Waals surface area (Å²) in [5.41, 5.74) is 0. The minimum absolute atomic E-state index is 0.333. The third-order valence-electron chi connectivity index (χ3n) is 2.98. The average molecular weight is 222 g/mol. The molecule has 0 fully saturated rings. The maximum Gasteiger partial charge on any atom is 0.127 e. The maximum absolute atomic E-state index is 9.23. The summed E-state index contributed by atoms with van der Waals surface area (Å²) in [7, 11) is 0. The molecule has 0 amide bonds. The lowest BCUT2D eigenvalue weighted by molar-refractivity contribution is 0.151. The van der Waals surface area contributed by atoms with E-state index in [1.54, 1.807) is 0 Å². The van der Waals surface area contributed by atoms with Crippen molar-refractivity contribution >= 4 is 0 Å². The first-order valence-electron chi connectivity index (χ1n) is 5.97.